The van der Waals surface area contributed by atoms with E-state index in [-0.39, 0.29) is 17.9 Å². The lowest BCUT2D eigenvalue weighted by Crippen LogP contribution is -2.33. The number of nitrogens with zero attached hydrogens (tertiary/aromatic N) is 3. The van der Waals surface area contributed by atoms with Crippen LogP contribution in [0, 0.1) is 17.2 Å². The van der Waals surface area contributed by atoms with Crippen LogP contribution in [0.5, 0.6) is 5.88 Å². The van der Waals surface area contributed by atoms with Gasteiger partial charge in [0.15, 0.2) is 0 Å². The molecule has 5 heteroatoms. The molecule has 0 spiro atoms. The fourth-order valence-electron chi connectivity index (χ4n) is 2.10. The van der Waals surface area contributed by atoms with Crippen molar-refractivity contribution in [3.8, 4) is 11.9 Å². The summed E-state index contributed by atoms with van der Waals surface area (Å²) in [7, 11) is 0. The molecule has 2 rings (SSSR count). The minimum atomic E-state index is -0.0378. The normalized spacial score (nSPS) is 18.4. The fourth-order valence-corrected chi connectivity index (χ4v) is 2.10. The second-order valence-corrected chi connectivity index (χ2v) is 4.96. The number of likely N-dealkylation sites (tertiary alicyclic amines) is 1. The van der Waals surface area contributed by atoms with E-state index in [0.29, 0.717) is 18.0 Å². The van der Waals surface area contributed by atoms with Crippen LogP contribution < -0.4 is 4.74 Å². The average molecular weight is 259 g/mol. The number of hydrogen-bond donors (Lipinski definition) is 0. The Morgan fingerprint density at radius 3 is 3.11 bits per heavy atom. The number of pyridine rings is 1. The van der Waals surface area contributed by atoms with Crippen LogP contribution in [0.1, 0.15) is 25.8 Å². The molecular formula is C14H17N3O2. The minimum absolute atomic E-state index is 0.0128. The van der Waals surface area contributed by atoms with Gasteiger partial charge in [-0.05, 0) is 6.07 Å². The molecule has 1 unspecified atom stereocenters. The Labute approximate surface area is 112 Å². The summed E-state index contributed by atoms with van der Waals surface area (Å²) >= 11 is 0. The molecule has 2 heterocycles. The Morgan fingerprint density at radius 1 is 1.63 bits per heavy atom. The summed E-state index contributed by atoms with van der Waals surface area (Å²) in [5.74, 6) is 0.617. The molecule has 100 valence electrons. The first-order valence-electron chi connectivity index (χ1n) is 6.41. The Hall–Kier alpha value is -2.09. The van der Waals surface area contributed by atoms with Crippen molar-refractivity contribution < 1.29 is 9.53 Å². The highest BCUT2D eigenvalue weighted by atomic mass is 16.5. The zero-order valence-corrected chi connectivity index (χ0v) is 11.2. The van der Waals surface area contributed by atoms with Crippen molar-refractivity contribution in [1.82, 2.24) is 9.88 Å². The first kappa shape index (κ1) is 13.3. The van der Waals surface area contributed by atoms with Crippen LogP contribution in [0.3, 0.4) is 0 Å². The van der Waals surface area contributed by atoms with Gasteiger partial charge in [0.2, 0.25) is 11.8 Å². The van der Waals surface area contributed by atoms with E-state index < -0.39 is 0 Å². The third kappa shape index (κ3) is 3.22. The SMILES string of the molecule is CC(C)C(=O)N1CCC(Oc2cc(C#N)ccn2)C1. The van der Waals surface area contributed by atoms with E-state index >= 15 is 0 Å². The molecule has 0 bridgehead atoms. The van der Waals surface area contributed by atoms with Crippen LogP contribution in [0.4, 0.5) is 0 Å². The Morgan fingerprint density at radius 2 is 2.42 bits per heavy atom. The molecule has 1 aromatic heterocycles. The van der Waals surface area contributed by atoms with Crippen molar-refractivity contribution in [2.45, 2.75) is 26.4 Å². The van der Waals surface area contributed by atoms with Gasteiger partial charge in [-0.25, -0.2) is 4.98 Å². The molecule has 1 saturated heterocycles. The summed E-state index contributed by atoms with van der Waals surface area (Å²) in [4.78, 5) is 17.8. The van der Waals surface area contributed by atoms with Crippen molar-refractivity contribution in [3.05, 3.63) is 23.9 Å². The van der Waals surface area contributed by atoms with Gasteiger partial charge in [-0.1, -0.05) is 13.8 Å². The van der Waals surface area contributed by atoms with Crippen LogP contribution in [0.2, 0.25) is 0 Å². The number of rotatable bonds is 3. The van der Waals surface area contributed by atoms with Gasteiger partial charge in [-0.15, -0.1) is 0 Å². The number of aromatic nitrogens is 1. The third-order valence-electron chi connectivity index (χ3n) is 3.10. The van der Waals surface area contributed by atoms with Crippen LogP contribution in [0.25, 0.3) is 0 Å². The fraction of sp³-hybridized carbons (Fsp3) is 0.500. The van der Waals surface area contributed by atoms with Gasteiger partial charge in [0, 0.05) is 31.1 Å². The second kappa shape index (κ2) is 5.70. The lowest BCUT2D eigenvalue weighted by Gasteiger charge is -2.18. The van der Waals surface area contributed by atoms with Gasteiger partial charge in [-0.2, -0.15) is 5.26 Å². The maximum Gasteiger partial charge on any atom is 0.225 e. The minimum Gasteiger partial charge on any atom is -0.472 e. The molecule has 1 aromatic rings. The van der Waals surface area contributed by atoms with E-state index in [1.165, 1.54) is 0 Å². The van der Waals surface area contributed by atoms with Crippen molar-refractivity contribution in [1.29, 1.82) is 5.26 Å². The Kier molecular flexibility index (Phi) is 4.00. The molecule has 0 N–H and O–H groups in total. The first-order chi connectivity index (χ1) is 9.10. The summed E-state index contributed by atoms with van der Waals surface area (Å²) in [6, 6.07) is 5.30. The lowest BCUT2D eigenvalue weighted by atomic mass is 10.2. The predicted octanol–water partition coefficient (Wildman–Crippen LogP) is 1.59. The summed E-state index contributed by atoms with van der Waals surface area (Å²) in [5.41, 5.74) is 0.526. The van der Waals surface area contributed by atoms with Gasteiger partial charge in [-0.3, -0.25) is 4.79 Å². The third-order valence-corrected chi connectivity index (χ3v) is 3.10. The predicted molar refractivity (Wildman–Crippen MR) is 69.4 cm³/mol. The number of amides is 1. The molecule has 0 aromatic carbocycles. The van der Waals surface area contributed by atoms with Crippen molar-refractivity contribution in [3.63, 3.8) is 0 Å². The molecule has 5 nitrogen and oxygen atoms in total. The van der Waals surface area contributed by atoms with Crippen molar-refractivity contribution in [2.75, 3.05) is 13.1 Å². The van der Waals surface area contributed by atoms with Crippen LogP contribution in [0.15, 0.2) is 18.3 Å². The molecule has 1 amide bonds. The highest BCUT2D eigenvalue weighted by Gasteiger charge is 2.28. The number of nitriles is 1. The highest BCUT2D eigenvalue weighted by Crippen LogP contribution is 2.18. The summed E-state index contributed by atoms with van der Waals surface area (Å²) < 4.78 is 5.72. The smallest absolute Gasteiger partial charge is 0.225 e. The number of ether oxygens (including phenoxy) is 1. The molecule has 1 aliphatic rings. The molecular weight excluding hydrogens is 242 g/mol. The maximum atomic E-state index is 11.9. The molecule has 0 aliphatic carbocycles. The van der Waals surface area contributed by atoms with E-state index in [1.54, 1.807) is 18.3 Å². The summed E-state index contributed by atoms with van der Waals surface area (Å²) in [6.45, 7) is 5.11. The summed E-state index contributed by atoms with van der Waals surface area (Å²) in [6.07, 6.45) is 2.32. The monoisotopic (exact) mass is 259 g/mol. The lowest BCUT2D eigenvalue weighted by molar-refractivity contribution is -0.133. The molecule has 0 saturated carbocycles. The molecule has 0 radical (unpaired) electrons. The average Bonchev–Trinajstić information content (AvgIpc) is 2.86. The van der Waals surface area contributed by atoms with Crippen molar-refractivity contribution in [2.24, 2.45) is 5.92 Å². The van der Waals surface area contributed by atoms with E-state index in [0.717, 1.165) is 13.0 Å². The standard InChI is InChI=1S/C14H17N3O2/c1-10(2)14(18)17-6-4-12(9-17)19-13-7-11(8-15)3-5-16-13/h3,5,7,10,12H,4,6,9H2,1-2H3. The van der Waals surface area contributed by atoms with Gasteiger partial charge in [0.05, 0.1) is 18.2 Å². The Balaban J connectivity index is 1.95. The zero-order chi connectivity index (χ0) is 13.8. The Bertz CT molecular complexity index is 508. The topological polar surface area (TPSA) is 66.2 Å². The second-order valence-electron chi connectivity index (χ2n) is 4.96. The largest absolute Gasteiger partial charge is 0.472 e. The van der Waals surface area contributed by atoms with Crippen molar-refractivity contribution >= 4 is 5.91 Å². The van der Waals surface area contributed by atoms with Gasteiger partial charge < -0.3 is 9.64 Å². The number of carbonyl (C=O) groups is 1. The van der Waals surface area contributed by atoms with Crippen LogP contribution >= 0.6 is 0 Å². The van der Waals surface area contributed by atoms with Gasteiger partial charge in [0.1, 0.15) is 6.10 Å². The number of carbonyl (C=O) groups excluding carboxylic acids is 1. The van der Waals surface area contributed by atoms with E-state index in [2.05, 4.69) is 4.98 Å². The molecule has 1 aliphatic heterocycles. The van der Waals surface area contributed by atoms with Crippen LogP contribution in [-0.4, -0.2) is 35.0 Å². The summed E-state index contributed by atoms with van der Waals surface area (Å²) in [5, 5.41) is 8.81. The first-order valence-corrected chi connectivity index (χ1v) is 6.41. The quantitative estimate of drug-likeness (QED) is 0.826. The number of hydrogen-bond acceptors (Lipinski definition) is 4. The maximum absolute atomic E-state index is 11.9. The van der Waals surface area contributed by atoms with E-state index in [1.807, 2.05) is 24.8 Å². The van der Waals surface area contributed by atoms with Crippen LogP contribution in [-0.2, 0) is 4.79 Å². The van der Waals surface area contributed by atoms with Gasteiger partial charge >= 0.3 is 0 Å². The molecule has 19 heavy (non-hydrogen) atoms. The molecule has 1 atom stereocenters. The highest BCUT2D eigenvalue weighted by molar-refractivity contribution is 5.78. The molecule has 1 fully saturated rings. The van der Waals surface area contributed by atoms with Gasteiger partial charge in [0.25, 0.3) is 0 Å². The van der Waals surface area contributed by atoms with E-state index in [4.69, 9.17) is 10.00 Å². The zero-order valence-electron chi connectivity index (χ0n) is 11.2. The van der Waals surface area contributed by atoms with E-state index in [9.17, 15) is 4.79 Å².